The highest BCUT2D eigenvalue weighted by atomic mass is 16.6. The van der Waals surface area contributed by atoms with Gasteiger partial charge in [-0.1, -0.05) is 48.5 Å². The number of nitrogens with zero attached hydrogens (tertiary/aromatic N) is 1. The van der Waals surface area contributed by atoms with E-state index in [4.69, 9.17) is 42.6 Å². The molecule has 0 radical (unpaired) electrons. The molecule has 14 nitrogen and oxygen atoms in total. The molecule has 0 fully saturated rings. The normalized spacial score (nSPS) is 13.6. The molecule has 0 aromatic heterocycles. The minimum atomic E-state index is -0.459. The Hall–Kier alpha value is -3.73. The smallest absolute Gasteiger partial charge is 0.407 e. The first-order valence-corrected chi connectivity index (χ1v) is 17.4. The van der Waals surface area contributed by atoms with E-state index in [0.717, 1.165) is 4.90 Å². The summed E-state index contributed by atoms with van der Waals surface area (Å²) < 4.78 is 49.2. The molecule has 1 heterocycles. The van der Waals surface area contributed by atoms with Gasteiger partial charge in [0.15, 0.2) is 0 Å². The maximum Gasteiger partial charge on any atom is 0.407 e. The van der Waals surface area contributed by atoms with E-state index in [1.165, 1.54) is 34.4 Å². The second kappa shape index (κ2) is 24.5. The zero-order chi connectivity index (χ0) is 35.8. The molecule has 0 saturated carbocycles. The highest BCUT2D eigenvalue weighted by molar-refractivity contribution is 6.12. The maximum atomic E-state index is 12.2. The maximum absolute atomic E-state index is 12.2. The zero-order valence-corrected chi connectivity index (χ0v) is 29.1. The summed E-state index contributed by atoms with van der Waals surface area (Å²) in [6, 6.07) is 16.5. The van der Waals surface area contributed by atoms with E-state index in [2.05, 4.69) is 29.6 Å². The molecule has 1 N–H and O–H groups in total. The number of hydrogen-bond acceptors (Lipinski definition) is 12. The summed E-state index contributed by atoms with van der Waals surface area (Å²) in [5.41, 5.74) is 4.75. The van der Waals surface area contributed by atoms with Crippen molar-refractivity contribution in [1.29, 1.82) is 0 Å². The van der Waals surface area contributed by atoms with Crippen molar-refractivity contribution in [3.63, 3.8) is 0 Å². The first kappa shape index (κ1) is 40.0. The van der Waals surface area contributed by atoms with Crippen molar-refractivity contribution in [3.8, 4) is 11.1 Å². The minimum absolute atomic E-state index is 0.0317. The van der Waals surface area contributed by atoms with Gasteiger partial charge in [0.2, 0.25) is 0 Å². The second-order valence-corrected chi connectivity index (χ2v) is 11.3. The average molecular weight is 715 g/mol. The van der Waals surface area contributed by atoms with Crippen LogP contribution in [0.1, 0.15) is 17.0 Å². The molecular formula is C37H50N2O12. The Morgan fingerprint density at radius 2 is 0.902 bits per heavy atom. The van der Waals surface area contributed by atoms with E-state index >= 15 is 0 Å². The van der Waals surface area contributed by atoms with E-state index in [9.17, 15) is 14.4 Å². The molecule has 51 heavy (non-hydrogen) atoms. The number of carbonyl (C=O) groups excluding carboxylic acids is 3. The van der Waals surface area contributed by atoms with Crippen LogP contribution in [0.4, 0.5) is 4.79 Å². The minimum Gasteiger partial charge on any atom is -0.449 e. The van der Waals surface area contributed by atoms with E-state index in [1.54, 1.807) is 0 Å². The number of fused-ring (bicyclic) bond motifs is 3. The van der Waals surface area contributed by atoms with Gasteiger partial charge in [-0.05, 0) is 22.3 Å². The topological polar surface area (TPSA) is 150 Å². The van der Waals surface area contributed by atoms with Crippen molar-refractivity contribution in [2.24, 2.45) is 0 Å². The number of carbonyl (C=O) groups is 3. The molecule has 280 valence electrons. The van der Waals surface area contributed by atoms with Gasteiger partial charge >= 0.3 is 6.09 Å². The summed E-state index contributed by atoms with van der Waals surface area (Å²) in [6.45, 7) is 7.68. The number of alkyl carbamates (subject to hydrolysis) is 1. The summed E-state index contributed by atoms with van der Waals surface area (Å²) >= 11 is 0. The predicted octanol–water partition coefficient (Wildman–Crippen LogP) is 2.58. The van der Waals surface area contributed by atoms with Crippen LogP contribution < -0.4 is 5.32 Å². The van der Waals surface area contributed by atoms with Crippen LogP contribution in [0.15, 0.2) is 60.7 Å². The van der Waals surface area contributed by atoms with E-state index in [-0.39, 0.29) is 37.5 Å². The third-order valence-corrected chi connectivity index (χ3v) is 7.82. The van der Waals surface area contributed by atoms with E-state index in [1.807, 2.05) is 24.3 Å². The lowest BCUT2D eigenvalue weighted by Crippen LogP contribution is -2.33. The molecule has 3 amide bonds. The Kier molecular flexibility index (Phi) is 19.2. The lowest BCUT2D eigenvalue weighted by Gasteiger charge is -2.14. The number of ether oxygens (including phenoxy) is 9. The quantitative estimate of drug-likeness (QED) is 0.0975. The number of benzene rings is 2. The van der Waals surface area contributed by atoms with Gasteiger partial charge in [0.25, 0.3) is 11.8 Å². The fraction of sp³-hybridized carbons (Fsp3) is 0.541. The summed E-state index contributed by atoms with van der Waals surface area (Å²) in [5, 5.41) is 2.73. The third-order valence-electron chi connectivity index (χ3n) is 7.82. The number of nitrogens with one attached hydrogen (secondary N) is 1. The van der Waals surface area contributed by atoms with Gasteiger partial charge in [-0.2, -0.15) is 0 Å². The molecule has 14 heteroatoms. The molecule has 0 unspecified atom stereocenters. The van der Waals surface area contributed by atoms with Crippen LogP contribution in [0, 0.1) is 0 Å². The van der Waals surface area contributed by atoms with Gasteiger partial charge in [0.05, 0.1) is 112 Å². The first-order chi connectivity index (χ1) is 25.1. The van der Waals surface area contributed by atoms with E-state index < -0.39 is 6.09 Å². The lowest BCUT2D eigenvalue weighted by molar-refractivity contribution is -0.137. The van der Waals surface area contributed by atoms with Gasteiger partial charge < -0.3 is 47.9 Å². The Morgan fingerprint density at radius 1 is 0.529 bits per heavy atom. The van der Waals surface area contributed by atoms with Crippen LogP contribution in [-0.4, -0.2) is 148 Å². The van der Waals surface area contributed by atoms with Crippen molar-refractivity contribution < 1.29 is 57.0 Å². The van der Waals surface area contributed by atoms with Crippen LogP contribution in [-0.2, 0) is 52.2 Å². The van der Waals surface area contributed by atoms with Crippen LogP contribution in [0.25, 0.3) is 11.1 Å². The second-order valence-electron chi connectivity index (χ2n) is 11.3. The summed E-state index contributed by atoms with van der Waals surface area (Å²) in [4.78, 5) is 36.2. The predicted molar refractivity (Wildman–Crippen MR) is 185 cm³/mol. The molecule has 0 atom stereocenters. The van der Waals surface area contributed by atoms with Crippen LogP contribution in [0.3, 0.4) is 0 Å². The van der Waals surface area contributed by atoms with Crippen molar-refractivity contribution in [1.82, 2.24) is 10.2 Å². The van der Waals surface area contributed by atoms with Crippen molar-refractivity contribution in [3.05, 3.63) is 71.8 Å². The molecule has 2 aromatic carbocycles. The number of amides is 3. The summed E-state index contributed by atoms with van der Waals surface area (Å²) in [5.74, 6) is -0.589. The molecule has 0 spiro atoms. The Bertz CT molecular complexity index is 1290. The number of rotatable bonds is 29. The number of hydrogen-bond donors (Lipinski definition) is 1. The molecule has 0 saturated heterocycles. The Morgan fingerprint density at radius 3 is 1.33 bits per heavy atom. The van der Waals surface area contributed by atoms with E-state index in [0.29, 0.717) is 106 Å². The standard InChI is InChI=1S/C37H50N2O12/c40-35-9-10-36(41)39(35)12-14-44-16-18-46-20-22-48-24-26-50-28-27-49-25-23-47-21-19-45-17-15-43-13-11-38-37(42)51-29-34-32-7-3-1-5-30(32)31-6-2-4-8-33(31)34/h1-10,34H,11-29H2,(H,38,42). The van der Waals surface area contributed by atoms with Crippen molar-refractivity contribution in [2.75, 3.05) is 125 Å². The molecule has 1 aliphatic heterocycles. The monoisotopic (exact) mass is 714 g/mol. The molecule has 4 rings (SSSR count). The average Bonchev–Trinajstić information content (AvgIpc) is 3.65. The van der Waals surface area contributed by atoms with Crippen LogP contribution >= 0.6 is 0 Å². The largest absolute Gasteiger partial charge is 0.449 e. The third kappa shape index (κ3) is 14.8. The molecular weight excluding hydrogens is 664 g/mol. The Balaban J connectivity index is 0.815. The first-order valence-electron chi connectivity index (χ1n) is 17.4. The fourth-order valence-electron chi connectivity index (χ4n) is 5.32. The highest BCUT2D eigenvalue weighted by Gasteiger charge is 2.29. The summed E-state index contributed by atoms with van der Waals surface area (Å²) in [6.07, 6.45) is 2.05. The highest BCUT2D eigenvalue weighted by Crippen LogP contribution is 2.44. The van der Waals surface area contributed by atoms with Crippen LogP contribution in [0.2, 0.25) is 0 Å². The van der Waals surface area contributed by atoms with Gasteiger partial charge in [-0.25, -0.2) is 4.79 Å². The fourth-order valence-corrected chi connectivity index (χ4v) is 5.32. The van der Waals surface area contributed by atoms with Crippen molar-refractivity contribution in [2.45, 2.75) is 5.92 Å². The Labute approximate surface area is 299 Å². The van der Waals surface area contributed by atoms with Gasteiger partial charge in [0, 0.05) is 24.6 Å². The van der Waals surface area contributed by atoms with Gasteiger partial charge in [-0.15, -0.1) is 0 Å². The zero-order valence-electron chi connectivity index (χ0n) is 29.1. The van der Waals surface area contributed by atoms with Crippen LogP contribution in [0.5, 0.6) is 0 Å². The molecule has 1 aliphatic carbocycles. The summed E-state index contributed by atoms with van der Waals surface area (Å²) in [7, 11) is 0. The molecule has 0 bridgehead atoms. The van der Waals surface area contributed by atoms with Gasteiger partial charge in [-0.3, -0.25) is 14.5 Å². The molecule has 2 aromatic rings. The SMILES string of the molecule is O=C(NCCOCCOCCOCCOCCOCCOCCOCCOCCN1C(=O)C=CC1=O)OCC1c2ccccc2-c2ccccc21. The lowest BCUT2D eigenvalue weighted by atomic mass is 9.98. The number of imide groups is 1. The van der Waals surface area contributed by atoms with Crippen molar-refractivity contribution >= 4 is 17.9 Å². The molecule has 2 aliphatic rings. The van der Waals surface area contributed by atoms with Gasteiger partial charge in [0.1, 0.15) is 6.61 Å².